The van der Waals surface area contributed by atoms with Crippen molar-refractivity contribution in [2.75, 3.05) is 25.0 Å². The lowest BCUT2D eigenvalue weighted by atomic mass is 10.1. The maximum absolute atomic E-state index is 6.77. The maximum Gasteiger partial charge on any atom is 0.407 e. The Morgan fingerprint density at radius 1 is 0.455 bits per heavy atom. The highest BCUT2D eigenvalue weighted by atomic mass is 35.5. The summed E-state index contributed by atoms with van der Waals surface area (Å²) in [5.41, 5.74) is 0. The Hall–Kier alpha value is -0.843. The summed E-state index contributed by atoms with van der Waals surface area (Å²) in [6, 6.07) is 21.2. The van der Waals surface area contributed by atoms with Crippen LogP contribution >= 0.6 is 23.2 Å². The first-order valence-corrected chi connectivity index (χ1v) is 15.7. The largest absolute Gasteiger partial charge is 0.407 e. The lowest BCUT2D eigenvalue weighted by Crippen LogP contribution is -2.63. The first kappa shape index (κ1) is 28.4. The summed E-state index contributed by atoms with van der Waals surface area (Å²) in [5, 5.41) is 2.39. The average molecular weight is 510 g/mol. The van der Waals surface area contributed by atoms with Crippen LogP contribution in [-0.4, -0.2) is 33.5 Å². The summed E-state index contributed by atoms with van der Waals surface area (Å²) in [5.74, 6) is 1.55. The van der Waals surface area contributed by atoms with Crippen molar-refractivity contribution < 1.29 is 8.85 Å². The lowest BCUT2D eigenvalue weighted by molar-refractivity contribution is 0.184. The van der Waals surface area contributed by atoms with E-state index in [1.54, 1.807) is 0 Å². The molecule has 0 aliphatic rings. The first-order valence-electron chi connectivity index (χ1n) is 12.8. The van der Waals surface area contributed by atoms with Gasteiger partial charge in [-0.2, -0.15) is 0 Å². The molecule has 2 aromatic rings. The minimum atomic E-state index is -2.74. The molecule has 2 aromatic carbocycles. The molecule has 0 aliphatic carbocycles. The topological polar surface area (TPSA) is 18.5 Å². The monoisotopic (exact) mass is 508 g/mol. The van der Waals surface area contributed by atoms with Gasteiger partial charge in [0.25, 0.3) is 0 Å². The van der Waals surface area contributed by atoms with Crippen LogP contribution < -0.4 is 10.4 Å². The summed E-state index contributed by atoms with van der Waals surface area (Å²) in [6.45, 7) is 1.48. The van der Waals surface area contributed by atoms with E-state index in [1.807, 2.05) is 0 Å². The van der Waals surface area contributed by atoms with Crippen molar-refractivity contribution in [2.24, 2.45) is 0 Å². The summed E-state index contributed by atoms with van der Waals surface area (Å²) in [4.78, 5) is 0. The number of rotatable bonds is 20. The van der Waals surface area contributed by atoms with Crippen LogP contribution in [0, 0.1) is 0 Å². The molecule has 2 rings (SSSR count). The highest BCUT2D eigenvalue weighted by Crippen LogP contribution is 2.15. The number of hydrogen-bond acceptors (Lipinski definition) is 2. The number of unbranched alkanes of at least 4 members (excludes halogenated alkanes) is 10. The maximum atomic E-state index is 6.77. The smallest absolute Gasteiger partial charge is 0.388 e. The third-order valence-corrected chi connectivity index (χ3v) is 9.92. The Bertz CT molecular complexity index is 638. The summed E-state index contributed by atoms with van der Waals surface area (Å²) < 4.78 is 13.5. The molecule has 0 aliphatic heterocycles. The zero-order chi connectivity index (χ0) is 23.5. The SMILES string of the molecule is ClCCCCCCCCO[Si](OCCCCCCCCCl)(c1ccccc1)c1ccccc1. The molecule has 0 amide bonds. The normalized spacial score (nSPS) is 11.7. The average Bonchev–Trinajstić information content (AvgIpc) is 2.87. The highest BCUT2D eigenvalue weighted by molar-refractivity contribution is 6.92. The van der Waals surface area contributed by atoms with E-state index in [0.717, 1.165) is 50.7 Å². The van der Waals surface area contributed by atoms with E-state index < -0.39 is 8.56 Å². The van der Waals surface area contributed by atoms with Crippen molar-refractivity contribution in [3.05, 3.63) is 60.7 Å². The van der Waals surface area contributed by atoms with E-state index in [4.69, 9.17) is 32.1 Å². The van der Waals surface area contributed by atoms with Gasteiger partial charge in [-0.3, -0.25) is 0 Å². The fraction of sp³-hybridized carbons (Fsp3) is 0.571. The second kappa shape index (κ2) is 18.5. The quantitative estimate of drug-likeness (QED) is 0.105. The van der Waals surface area contributed by atoms with Crippen molar-refractivity contribution in [3.63, 3.8) is 0 Å². The van der Waals surface area contributed by atoms with Crippen molar-refractivity contribution in [1.29, 1.82) is 0 Å². The van der Waals surface area contributed by atoms with Gasteiger partial charge in [-0.15, -0.1) is 23.2 Å². The van der Waals surface area contributed by atoms with Crippen LogP contribution in [0.15, 0.2) is 60.7 Å². The Morgan fingerprint density at radius 3 is 1.15 bits per heavy atom. The molecule has 2 nitrogen and oxygen atoms in total. The van der Waals surface area contributed by atoms with Crippen LogP contribution in [0.4, 0.5) is 0 Å². The van der Waals surface area contributed by atoms with Crippen LogP contribution in [0.1, 0.15) is 77.0 Å². The molecule has 0 heterocycles. The van der Waals surface area contributed by atoms with Gasteiger partial charge in [-0.05, 0) is 36.1 Å². The molecule has 5 heteroatoms. The van der Waals surface area contributed by atoms with Crippen LogP contribution in [0.2, 0.25) is 0 Å². The van der Waals surface area contributed by atoms with Crippen LogP contribution in [0.25, 0.3) is 0 Å². The summed E-state index contributed by atoms with van der Waals surface area (Å²) in [6.07, 6.45) is 14.2. The fourth-order valence-electron chi connectivity index (χ4n) is 4.10. The van der Waals surface area contributed by atoms with E-state index in [-0.39, 0.29) is 0 Å². The Labute approximate surface area is 213 Å². The molecule has 0 N–H and O–H groups in total. The Morgan fingerprint density at radius 2 is 0.788 bits per heavy atom. The molecule has 0 atom stereocenters. The molecule has 0 spiro atoms. The van der Waals surface area contributed by atoms with Gasteiger partial charge in [-0.25, -0.2) is 0 Å². The lowest BCUT2D eigenvalue weighted by Gasteiger charge is -2.31. The molecule has 0 saturated heterocycles. The van der Waals surface area contributed by atoms with E-state index >= 15 is 0 Å². The molecule has 0 saturated carbocycles. The second-order valence-electron chi connectivity index (χ2n) is 8.67. The van der Waals surface area contributed by atoms with Crippen molar-refractivity contribution >= 4 is 42.1 Å². The minimum Gasteiger partial charge on any atom is -0.388 e. The third kappa shape index (κ3) is 11.0. The summed E-state index contributed by atoms with van der Waals surface area (Å²) >= 11 is 11.6. The third-order valence-electron chi connectivity index (χ3n) is 5.97. The van der Waals surface area contributed by atoms with Crippen LogP contribution in [0.5, 0.6) is 0 Å². The van der Waals surface area contributed by atoms with E-state index in [9.17, 15) is 0 Å². The molecular formula is C28H42Cl2O2Si. The van der Waals surface area contributed by atoms with Crippen molar-refractivity contribution in [2.45, 2.75) is 77.0 Å². The van der Waals surface area contributed by atoms with Gasteiger partial charge in [0.05, 0.1) is 0 Å². The van der Waals surface area contributed by atoms with Gasteiger partial charge >= 0.3 is 8.56 Å². The zero-order valence-corrected chi connectivity index (χ0v) is 22.7. The van der Waals surface area contributed by atoms with Gasteiger partial charge in [0.2, 0.25) is 0 Å². The zero-order valence-electron chi connectivity index (χ0n) is 20.2. The molecule has 0 bridgehead atoms. The van der Waals surface area contributed by atoms with Gasteiger partial charge in [-0.1, -0.05) is 112 Å². The predicted octanol–water partition coefficient (Wildman–Crippen LogP) is 7.44. The number of halogens is 2. The summed E-state index contributed by atoms with van der Waals surface area (Å²) in [7, 11) is -2.74. The van der Waals surface area contributed by atoms with E-state index in [2.05, 4.69) is 60.7 Å². The molecule has 0 fully saturated rings. The molecule has 184 valence electrons. The Balaban J connectivity index is 1.99. The molecule has 0 unspecified atom stereocenters. The van der Waals surface area contributed by atoms with Crippen molar-refractivity contribution in [3.8, 4) is 0 Å². The second-order valence-corrected chi connectivity index (χ2v) is 12.4. The van der Waals surface area contributed by atoms with Crippen LogP contribution in [0.3, 0.4) is 0 Å². The van der Waals surface area contributed by atoms with E-state index in [0.29, 0.717) is 0 Å². The fourth-order valence-corrected chi connectivity index (χ4v) is 7.68. The predicted molar refractivity (Wildman–Crippen MR) is 147 cm³/mol. The standard InChI is InChI=1S/C28H42Cl2O2Si/c29-23-15-5-1-3-7-17-25-31-33(27-19-11-9-12-20-27,28-21-13-10-14-22-28)32-26-18-8-4-2-6-16-24-30/h9-14,19-22H,1-8,15-18,23-26H2. The van der Waals surface area contributed by atoms with Crippen molar-refractivity contribution in [1.82, 2.24) is 0 Å². The molecule has 0 radical (unpaired) electrons. The number of hydrogen-bond donors (Lipinski definition) is 0. The molecule has 0 aromatic heterocycles. The molecule has 33 heavy (non-hydrogen) atoms. The molecular weight excluding hydrogens is 467 g/mol. The number of alkyl halides is 2. The minimum absolute atomic E-state index is 0.740. The van der Waals surface area contributed by atoms with Gasteiger partial charge < -0.3 is 8.85 Å². The Kier molecular flexibility index (Phi) is 15.9. The van der Waals surface area contributed by atoms with Gasteiger partial charge in [0.15, 0.2) is 0 Å². The van der Waals surface area contributed by atoms with Gasteiger partial charge in [0, 0.05) is 25.0 Å². The highest BCUT2D eigenvalue weighted by Gasteiger charge is 2.42. The number of benzene rings is 2. The first-order chi connectivity index (χ1) is 16.3. The van der Waals surface area contributed by atoms with Gasteiger partial charge in [0.1, 0.15) is 0 Å². The van der Waals surface area contributed by atoms with E-state index in [1.165, 1.54) is 61.7 Å². The van der Waals surface area contributed by atoms with Crippen LogP contribution in [-0.2, 0) is 8.85 Å².